The van der Waals surface area contributed by atoms with E-state index in [2.05, 4.69) is 29.1 Å². The average molecular weight is 345 g/mol. The van der Waals surface area contributed by atoms with E-state index in [1.165, 1.54) is 0 Å². The van der Waals surface area contributed by atoms with Gasteiger partial charge >= 0.3 is 0 Å². The number of hydrogen-bond acceptors (Lipinski definition) is 4. The highest BCUT2D eigenvalue weighted by Gasteiger charge is 2.08. The van der Waals surface area contributed by atoms with Crippen LogP contribution in [0.2, 0.25) is 5.02 Å². The molecule has 0 spiro atoms. The van der Waals surface area contributed by atoms with Gasteiger partial charge in [-0.05, 0) is 51.7 Å². The van der Waals surface area contributed by atoms with Gasteiger partial charge in [0.25, 0.3) is 0 Å². The second-order valence-electron chi connectivity index (χ2n) is 5.95. The molecule has 0 amide bonds. The molecule has 0 fully saturated rings. The Morgan fingerprint density at radius 3 is 2.62 bits per heavy atom. The van der Waals surface area contributed by atoms with E-state index >= 15 is 0 Å². The maximum Gasteiger partial charge on any atom is 0.231 e. The Bertz CT molecular complexity index is 798. The van der Waals surface area contributed by atoms with Gasteiger partial charge in [0.2, 0.25) is 5.88 Å². The topological polar surface area (TPSA) is 42.7 Å². The molecule has 1 aromatic carbocycles. The lowest BCUT2D eigenvalue weighted by Crippen LogP contribution is -2.14. The summed E-state index contributed by atoms with van der Waals surface area (Å²) in [5.41, 5.74) is 2.72. The summed E-state index contributed by atoms with van der Waals surface area (Å²) in [4.78, 5) is 6.57. The van der Waals surface area contributed by atoms with E-state index in [1.54, 1.807) is 4.52 Å². The molecule has 0 saturated heterocycles. The van der Waals surface area contributed by atoms with Crippen molar-refractivity contribution >= 4 is 17.2 Å². The molecule has 24 heavy (non-hydrogen) atoms. The molecule has 3 rings (SSSR count). The van der Waals surface area contributed by atoms with Gasteiger partial charge in [-0.3, -0.25) is 0 Å². The van der Waals surface area contributed by atoms with Gasteiger partial charge in [0.05, 0.1) is 18.5 Å². The molecule has 5 nitrogen and oxygen atoms in total. The molecular weight excluding hydrogens is 324 g/mol. The Morgan fingerprint density at radius 2 is 1.88 bits per heavy atom. The van der Waals surface area contributed by atoms with Crippen molar-refractivity contribution in [3.05, 3.63) is 47.6 Å². The zero-order valence-electron chi connectivity index (χ0n) is 13.9. The number of rotatable bonds is 7. The first-order valence-corrected chi connectivity index (χ1v) is 8.39. The van der Waals surface area contributed by atoms with Crippen LogP contribution >= 0.6 is 11.6 Å². The number of hydrogen-bond donors (Lipinski definition) is 0. The standard InChI is InChI=1S/C18H21ClN4O/c1-22(2)11-3-4-12-24-18-10-9-17-20-13-16(23(17)21-18)14-5-7-15(19)8-6-14/h5-10,13H,3-4,11-12H2,1-2H3. The predicted molar refractivity (Wildman–Crippen MR) is 96.7 cm³/mol. The van der Waals surface area contributed by atoms with Crippen molar-refractivity contribution in [2.24, 2.45) is 0 Å². The Labute approximate surface area is 146 Å². The summed E-state index contributed by atoms with van der Waals surface area (Å²) in [7, 11) is 4.15. The first-order chi connectivity index (χ1) is 11.6. The Morgan fingerprint density at radius 1 is 1.08 bits per heavy atom. The molecule has 0 aliphatic rings. The number of ether oxygens (including phenoxy) is 1. The summed E-state index contributed by atoms with van der Waals surface area (Å²) in [6.07, 6.45) is 3.93. The van der Waals surface area contributed by atoms with E-state index in [4.69, 9.17) is 16.3 Å². The highest BCUT2D eigenvalue weighted by atomic mass is 35.5. The summed E-state index contributed by atoms with van der Waals surface area (Å²) < 4.78 is 7.58. The number of aromatic nitrogens is 3. The van der Waals surface area contributed by atoms with Crippen LogP contribution in [0.25, 0.3) is 16.9 Å². The number of fused-ring (bicyclic) bond motifs is 1. The van der Waals surface area contributed by atoms with E-state index in [1.807, 2.05) is 42.6 Å². The SMILES string of the molecule is CN(C)CCCCOc1ccc2ncc(-c3ccc(Cl)cc3)n2n1. The summed E-state index contributed by atoms with van der Waals surface area (Å²) in [6, 6.07) is 11.4. The Hall–Kier alpha value is -2.11. The van der Waals surface area contributed by atoms with E-state index in [9.17, 15) is 0 Å². The lowest BCUT2D eigenvalue weighted by atomic mass is 10.2. The second-order valence-corrected chi connectivity index (χ2v) is 6.39. The maximum absolute atomic E-state index is 5.96. The molecule has 6 heteroatoms. The average Bonchev–Trinajstić information content (AvgIpc) is 2.98. The van der Waals surface area contributed by atoms with Crippen LogP contribution in [0.4, 0.5) is 0 Å². The minimum Gasteiger partial charge on any atom is -0.477 e. The van der Waals surface area contributed by atoms with E-state index in [-0.39, 0.29) is 0 Å². The summed E-state index contributed by atoms with van der Waals surface area (Å²) >= 11 is 5.96. The summed E-state index contributed by atoms with van der Waals surface area (Å²) in [6.45, 7) is 1.73. The zero-order chi connectivity index (χ0) is 16.9. The number of benzene rings is 1. The largest absolute Gasteiger partial charge is 0.477 e. The van der Waals surface area contributed by atoms with Gasteiger partial charge in [0.15, 0.2) is 5.65 Å². The molecule has 0 N–H and O–H groups in total. The Kier molecular flexibility index (Phi) is 5.33. The first-order valence-electron chi connectivity index (χ1n) is 8.02. The van der Waals surface area contributed by atoms with Crippen molar-refractivity contribution in [1.82, 2.24) is 19.5 Å². The third-order valence-corrected chi connectivity index (χ3v) is 3.98. The van der Waals surface area contributed by atoms with Crippen LogP contribution in [0.1, 0.15) is 12.8 Å². The van der Waals surface area contributed by atoms with E-state index < -0.39 is 0 Å². The van der Waals surface area contributed by atoms with Gasteiger partial charge in [0.1, 0.15) is 0 Å². The van der Waals surface area contributed by atoms with E-state index in [0.29, 0.717) is 17.5 Å². The molecule has 3 aromatic rings. The smallest absolute Gasteiger partial charge is 0.231 e. The molecule has 0 unspecified atom stereocenters. The fourth-order valence-electron chi connectivity index (χ4n) is 2.46. The van der Waals surface area contributed by atoms with Gasteiger partial charge in [-0.1, -0.05) is 23.7 Å². The highest BCUT2D eigenvalue weighted by molar-refractivity contribution is 6.30. The predicted octanol–water partition coefficient (Wildman–Crippen LogP) is 3.77. The number of imidazole rings is 1. The molecule has 0 atom stereocenters. The minimum absolute atomic E-state index is 0.612. The van der Waals surface area contributed by atoms with Crippen LogP contribution in [0, 0.1) is 0 Å². The Balaban J connectivity index is 1.73. The van der Waals surface area contributed by atoms with Crippen LogP contribution in [0.3, 0.4) is 0 Å². The second kappa shape index (κ2) is 7.64. The van der Waals surface area contributed by atoms with E-state index in [0.717, 1.165) is 36.3 Å². The summed E-state index contributed by atoms with van der Waals surface area (Å²) in [5.74, 6) is 0.612. The molecular formula is C18H21ClN4O. The van der Waals surface area contributed by atoms with Crippen molar-refractivity contribution in [3.8, 4) is 17.1 Å². The number of halogens is 1. The van der Waals surface area contributed by atoms with Crippen LogP contribution in [-0.4, -0.2) is 46.7 Å². The maximum atomic E-state index is 5.96. The molecule has 0 aliphatic heterocycles. The lowest BCUT2D eigenvalue weighted by molar-refractivity contribution is 0.280. The van der Waals surface area contributed by atoms with Crippen molar-refractivity contribution < 1.29 is 4.74 Å². The lowest BCUT2D eigenvalue weighted by Gasteiger charge is -2.09. The van der Waals surface area contributed by atoms with Crippen LogP contribution in [0.5, 0.6) is 5.88 Å². The molecule has 2 heterocycles. The summed E-state index contributed by atoms with van der Waals surface area (Å²) in [5, 5.41) is 5.27. The molecule has 126 valence electrons. The third kappa shape index (κ3) is 4.04. The van der Waals surface area contributed by atoms with Gasteiger partial charge < -0.3 is 9.64 Å². The molecule has 2 aromatic heterocycles. The van der Waals surface area contributed by atoms with Gasteiger partial charge in [-0.2, -0.15) is 0 Å². The number of nitrogens with zero attached hydrogens (tertiary/aromatic N) is 4. The van der Waals surface area contributed by atoms with Crippen molar-refractivity contribution in [3.63, 3.8) is 0 Å². The highest BCUT2D eigenvalue weighted by Crippen LogP contribution is 2.23. The zero-order valence-corrected chi connectivity index (χ0v) is 14.7. The molecule has 0 bridgehead atoms. The number of unbranched alkanes of at least 4 members (excludes halogenated alkanes) is 1. The van der Waals surface area contributed by atoms with Crippen molar-refractivity contribution in [2.75, 3.05) is 27.2 Å². The monoisotopic (exact) mass is 344 g/mol. The van der Waals surface area contributed by atoms with Crippen LogP contribution in [-0.2, 0) is 0 Å². The van der Waals surface area contributed by atoms with Gasteiger partial charge in [-0.25, -0.2) is 9.50 Å². The molecule has 0 radical (unpaired) electrons. The van der Waals surface area contributed by atoms with Crippen LogP contribution in [0.15, 0.2) is 42.6 Å². The third-order valence-electron chi connectivity index (χ3n) is 3.73. The van der Waals surface area contributed by atoms with Gasteiger partial charge in [-0.15, -0.1) is 5.10 Å². The van der Waals surface area contributed by atoms with Gasteiger partial charge in [0, 0.05) is 16.7 Å². The normalized spacial score (nSPS) is 11.3. The van der Waals surface area contributed by atoms with Crippen LogP contribution < -0.4 is 4.74 Å². The quantitative estimate of drug-likeness (QED) is 0.612. The molecule has 0 aliphatic carbocycles. The fourth-order valence-corrected chi connectivity index (χ4v) is 2.58. The minimum atomic E-state index is 0.612. The molecule has 0 saturated carbocycles. The first kappa shape index (κ1) is 16.7. The van der Waals surface area contributed by atoms with Crippen molar-refractivity contribution in [1.29, 1.82) is 0 Å². The van der Waals surface area contributed by atoms with Crippen molar-refractivity contribution in [2.45, 2.75) is 12.8 Å². The fraction of sp³-hybridized carbons (Fsp3) is 0.333.